The lowest BCUT2D eigenvalue weighted by Gasteiger charge is -2.36. The van der Waals surface area contributed by atoms with Gasteiger partial charge < -0.3 is 9.64 Å². The quantitative estimate of drug-likeness (QED) is 0.268. The maximum absolute atomic E-state index is 6.47. The van der Waals surface area contributed by atoms with Gasteiger partial charge in [-0.2, -0.15) is 0 Å². The smallest absolute Gasteiger partial charge is 0.152 e. The second-order valence-corrected chi connectivity index (χ2v) is 10.3. The summed E-state index contributed by atoms with van der Waals surface area (Å²) in [5.74, 6) is 1.81. The van der Waals surface area contributed by atoms with Gasteiger partial charge in [0.25, 0.3) is 0 Å². The van der Waals surface area contributed by atoms with Gasteiger partial charge >= 0.3 is 0 Å². The Kier molecular flexibility index (Phi) is 4.60. The Morgan fingerprint density at radius 2 is 1.25 bits per heavy atom. The van der Waals surface area contributed by atoms with Crippen LogP contribution in [0.3, 0.4) is 0 Å². The first-order valence-corrected chi connectivity index (χ1v) is 11.4. The van der Waals surface area contributed by atoms with Gasteiger partial charge in [-0.05, 0) is 90.4 Å². The molecule has 5 rings (SSSR count). The summed E-state index contributed by atoms with van der Waals surface area (Å²) in [5, 5.41) is 2.43. The van der Waals surface area contributed by atoms with Crippen LogP contribution in [0.4, 0.5) is 17.1 Å². The van der Waals surface area contributed by atoms with E-state index in [1.807, 2.05) is 0 Å². The summed E-state index contributed by atoms with van der Waals surface area (Å²) >= 11 is 0. The third-order valence-corrected chi connectivity index (χ3v) is 6.47. The molecule has 0 saturated heterocycles. The SMILES string of the molecule is Cc1ccc2c(c1)Oc1cc3cc(C)ccc3cc1N2c1c(C)cc(C(C)(C)C)cc1C. The predicted octanol–water partition coefficient (Wildman–Crippen LogP) is 8.95. The lowest BCUT2D eigenvalue weighted by molar-refractivity contribution is 0.477. The molecule has 32 heavy (non-hydrogen) atoms. The van der Waals surface area contributed by atoms with Gasteiger partial charge in [-0.3, -0.25) is 0 Å². The molecular formula is C30H31NO. The van der Waals surface area contributed by atoms with Crippen LogP contribution < -0.4 is 9.64 Å². The van der Waals surface area contributed by atoms with Crippen LogP contribution in [0.25, 0.3) is 10.8 Å². The van der Waals surface area contributed by atoms with Crippen LogP contribution in [0.5, 0.6) is 11.5 Å². The molecule has 1 aliphatic rings. The Morgan fingerprint density at radius 1 is 0.625 bits per heavy atom. The number of anilines is 3. The van der Waals surface area contributed by atoms with Gasteiger partial charge in [0.05, 0.1) is 17.1 Å². The first kappa shape index (κ1) is 20.6. The normalized spacial score (nSPS) is 13.0. The van der Waals surface area contributed by atoms with E-state index in [0.717, 1.165) is 22.9 Å². The van der Waals surface area contributed by atoms with Crippen LogP contribution in [0.2, 0.25) is 0 Å². The number of hydrogen-bond acceptors (Lipinski definition) is 2. The molecular weight excluding hydrogens is 390 g/mol. The molecule has 0 bridgehead atoms. The maximum Gasteiger partial charge on any atom is 0.152 e. The minimum Gasteiger partial charge on any atom is -0.453 e. The molecule has 0 radical (unpaired) electrons. The minimum atomic E-state index is 0.111. The molecule has 2 heteroatoms. The van der Waals surface area contributed by atoms with Crippen LogP contribution >= 0.6 is 0 Å². The largest absolute Gasteiger partial charge is 0.453 e. The molecule has 1 heterocycles. The van der Waals surface area contributed by atoms with E-state index in [2.05, 4.69) is 114 Å². The third-order valence-electron chi connectivity index (χ3n) is 6.47. The molecule has 0 atom stereocenters. The number of benzene rings is 4. The lowest BCUT2D eigenvalue weighted by Crippen LogP contribution is -2.19. The number of aryl methyl sites for hydroxylation is 4. The van der Waals surface area contributed by atoms with E-state index in [9.17, 15) is 0 Å². The molecule has 162 valence electrons. The van der Waals surface area contributed by atoms with E-state index in [4.69, 9.17) is 4.74 Å². The number of fused-ring (bicyclic) bond motifs is 3. The van der Waals surface area contributed by atoms with Crippen molar-refractivity contribution >= 4 is 27.8 Å². The molecule has 0 aliphatic carbocycles. The van der Waals surface area contributed by atoms with Crippen LogP contribution in [-0.2, 0) is 5.41 Å². The van der Waals surface area contributed by atoms with Crippen LogP contribution in [-0.4, -0.2) is 0 Å². The molecule has 0 unspecified atom stereocenters. The summed E-state index contributed by atoms with van der Waals surface area (Å²) in [5.41, 5.74) is 9.89. The lowest BCUT2D eigenvalue weighted by atomic mass is 9.84. The zero-order chi connectivity index (χ0) is 22.8. The fraction of sp³-hybridized carbons (Fsp3) is 0.267. The van der Waals surface area contributed by atoms with Gasteiger partial charge in [0.1, 0.15) is 0 Å². The second kappa shape index (κ2) is 7.13. The summed E-state index contributed by atoms with van der Waals surface area (Å²) < 4.78 is 6.47. The topological polar surface area (TPSA) is 12.5 Å². The molecule has 4 aromatic rings. The van der Waals surface area contributed by atoms with Crippen LogP contribution in [0, 0.1) is 27.7 Å². The molecule has 0 spiro atoms. The molecule has 0 saturated carbocycles. The number of rotatable bonds is 1. The molecule has 2 nitrogen and oxygen atoms in total. The Balaban J connectivity index is 1.80. The van der Waals surface area contributed by atoms with Gasteiger partial charge in [-0.25, -0.2) is 0 Å². The summed E-state index contributed by atoms with van der Waals surface area (Å²) in [6, 6.07) is 22.2. The van der Waals surface area contributed by atoms with Crippen LogP contribution in [0.1, 0.15) is 48.6 Å². The van der Waals surface area contributed by atoms with E-state index in [1.165, 1.54) is 44.3 Å². The van der Waals surface area contributed by atoms with E-state index in [-0.39, 0.29) is 5.41 Å². The van der Waals surface area contributed by atoms with Crippen molar-refractivity contribution in [2.24, 2.45) is 0 Å². The fourth-order valence-corrected chi connectivity index (χ4v) is 4.76. The number of ether oxygens (including phenoxy) is 1. The van der Waals surface area contributed by atoms with E-state index in [1.54, 1.807) is 0 Å². The second-order valence-electron chi connectivity index (χ2n) is 10.3. The fourth-order valence-electron chi connectivity index (χ4n) is 4.76. The third kappa shape index (κ3) is 3.35. The first-order chi connectivity index (χ1) is 15.1. The molecule has 1 aliphatic heterocycles. The maximum atomic E-state index is 6.47. The minimum absolute atomic E-state index is 0.111. The van der Waals surface area contributed by atoms with Crippen molar-refractivity contribution in [3.05, 3.63) is 88.5 Å². The highest BCUT2D eigenvalue weighted by Gasteiger charge is 2.29. The van der Waals surface area contributed by atoms with Crippen molar-refractivity contribution < 1.29 is 4.74 Å². The summed E-state index contributed by atoms with van der Waals surface area (Å²) in [7, 11) is 0. The van der Waals surface area contributed by atoms with E-state index < -0.39 is 0 Å². The number of hydrogen-bond donors (Lipinski definition) is 0. The zero-order valence-corrected chi connectivity index (χ0v) is 20.1. The van der Waals surface area contributed by atoms with E-state index >= 15 is 0 Å². The van der Waals surface area contributed by atoms with Crippen molar-refractivity contribution in [2.75, 3.05) is 4.90 Å². The van der Waals surface area contributed by atoms with Crippen molar-refractivity contribution in [2.45, 2.75) is 53.9 Å². The molecule has 0 amide bonds. The highest BCUT2D eigenvalue weighted by atomic mass is 16.5. The Labute approximate surface area is 191 Å². The van der Waals surface area contributed by atoms with Gasteiger partial charge in [0.15, 0.2) is 11.5 Å². The van der Waals surface area contributed by atoms with Crippen LogP contribution in [0.15, 0.2) is 60.7 Å². The Bertz CT molecular complexity index is 1350. The predicted molar refractivity (Wildman–Crippen MR) is 136 cm³/mol. The van der Waals surface area contributed by atoms with Crippen molar-refractivity contribution in [3.63, 3.8) is 0 Å². The van der Waals surface area contributed by atoms with Gasteiger partial charge in [0.2, 0.25) is 0 Å². The van der Waals surface area contributed by atoms with Gasteiger partial charge in [-0.15, -0.1) is 0 Å². The van der Waals surface area contributed by atoms with Gasteiger partial charge in [0, 0.05) is 0 Å². The standard InChI is InChI=1S/C30H31NO/c1-18-8-10-22-16-26-28(17-23(22)12-18)32-27-13-19(2)9-11-25(27)31(26)29-20(3)14-24(15-21(29)4)30(5,6)7/h8-17H,1-7H3. The molecule has 0 fully saturated rings. The Hall–Kier alpha value is -3.26. The highest BCUT2D eigenvalue weighted by molar-refractivity contribution is 5.96. The monoisotopic (exact) mass is 421 g/mol. The summed E-state index contributed by atoms with van der Waals surface area (Å²) in [6.07, 6.45) is 0. The first-order valence-electron chi connectivity index (χ1n) is 11.4. The molecule has 0 N–H and O–H groups in total. The van der Waals surface area contributed by atoms with Gasteiger partial charge in [-0.1, -0.05) is 62.7 Å². The van der Waals surface area contributed by atoms with Crippen molar-refractivity contribution in [3.8, 4) is 11.5 Å². The zero-order valence-electron chi connectivity index (χ0n) is 20.1. The van der Waals surface area contributed by atoms with Crippen molar-refractivity contribution in [1.82, 2.24) is 0 Å². The average Bonchev–Trinajstić information content (AvgIpc) is 2.70. The highest BCUT2D eigenvalue weighted by Crippen LogP contribution is 2.53. The van der Waals surface area contributed by atoms with E-state index in [0.29, 0.717) is 0 Å². The Morgan fingerprint density at radius 3 is 1.94 bits per heavy atom. The summed E-state index contributed by atoms with van der Waals surface area (Å²) in [6.45, 7) is 15.5. The molecule has 4 aromatic carbocycles. The van der Waals surface area contributed by atoms with Crippen molar-refractivity contribution in [1.29, 1.82) is 0 Å². The molecule has 0 aromatic heterocycles. The summed E-state index contributed by atoms with van der Waals surface area (Å²) in [4.78, 5) is 2.39. The average molecular weight is 422 g/mol. The number of nitrogens with zero attached hydrogens (tertiary/aromatic N) is 1.